The third kappa shape index (κ3) is 4.40. The quantitative estimate of drug-likeness (QED) is 0.802. The minimum absolute atomic E-state index is 0.115. The van der Waals surface area contributed by atoms with Crippen molar-refractivity contribution in [3.8, 4) is 0 Å². The lowest BCUT2D eigenvalue weighted by molar-refractivity contribution is -0.138. The van der Waals surface area contributed by atoms with Crippen LogP contribution >= 0.6 is 0 Å². The molecule has 124 valence electrons. The lowest BCUT2D eigenvalue weighted by atomic mass is 10.1. The van der Waals surface area contributed by atoms with Crippen LogP contribution in [0.5, 0.6) is 0 Å². The zero-order valence-electron chi connectivity index (χ0n) is 12.3. The number of nitrogens with one attached hydrogen (secondary N) is 1. The van der Waals surface area contributed by atoms with Gasteiger partial charge in [-0.2, -0.15) is 4.72 Å². The number of hydrogen-bond acceptors (Lipinski definition) is 4. The van der Waals surface area contributed by atoms with Gasteiger partial charge in [-0.1, -0.05) is 19.1 Å². The monoisotopic (exact) mass is 341 g/mol. The molecule has 0 aliphatic heterocycles. The SMILES string of the molecule is CCc1ccc(S(=O)(=O)N[C@H](Cc2ccc(F)cc2)C(=O)O)o1. The van der Waals surface area contributed by atoms with E-state index >= 15 is 0 Å². The van der Waals surface area contributed by atoms with Gasteiger partial charge in [-0.25, -0.2) is 12.8 Å². The molecule has 1 aromatic carbocycles. The van der Waals surface area contributed by atoms with Gasteiger partial charge in [0.05, 0.1) is 0 Å². The van der Waals surface area contributed by atoms with Crippen molar-refractivity contribution in [1.82, 2.24) is 4.72 Å². The molecule has 23 heavy (non-hydrogen) atoms. The Morgan fingerprint density at radius 3 is 2.43 bits per heavy atom. The van der Waals surface area contributed by atoms with Crippen molar-refractivity contribution in [2.45, 2.75) is 30.9 Å². The lowest BCUT2D eigenvalue weighted by Gasteiger charge is -2.13. The van der Waals surface area contributed by atoms with E-state index in [1.165, 1.54) is 36.4 Å². The number of carbonyl (C=O) groups is 1. The number of aliphatic carboxylic acids is 1. The minimum atomic E-state index is -4.09. The van der Waals surface area contributed by atoms with Crippen LogP contribution in [-0.4, -0.2) is 25.5 Å². The van der Waals surface area contributed by atoms with Crippen LogP contribution in [0.1, 0.15) is 18.2 Å². The minimum Gasteiger partial charge on any atom is -0.480 e. The van der Waals surface area contributed by atoms with Gasteiger partial charge in [-0.15, -0.1) is 0 Å². The van der Waals surface area contributed by atoms with Gasteiger partial charge in [0, 0.05) is 6.42 Å². The average molecular weight is 341 g/mol. The van der Waals surface area contributed by atoms with E-state index in [1.54, 1.807) is 6.92 Å². The first-order valence-corrected chi connectivity index (χ1v) is 8.38. The number of carboxylic acids is 1. The van der Waals surface area contributed by atoms with Gasteiger partial charge >= 0.3 is 5.97 Å². The summed E-state index contributed by atoms with van der Waals surface area (Å²) in [4.78, 5) is 11.3. The third-order valence-electron chi connectivity index (χ3n) is 3.20. The molecule has 0 aliphatic rings. The lowest BCUT2D eigenvalue weighted by Crippen LogP contribution is -2.42. The van der Waals surface area contributed by atoms with Crippen molar-refractivity contribution in [1.29, 1.82) is 0 Å². The van der Waals surface area contributed by atoms with Crippen LogP contribution in [0.15, 0.2) is 45.9 Å². The number of aryl methyl sites for hydroxylation is 1. The molecule has 0 saturated carbocycles. The topological polar surface area (TPSA) is 96.6 Å². The molecule has 2 rings (SSSR count). The van der Waals surface area contributed by atoms with Crippen molar-refractivity contribution in [3.05, 3.63) is 53.5 Å². The second kappa shape index (κ2) is 6.93. The summed E-state index contributed by atoms with van der Waals surface area (Å²) in [5.74, 6) is -1.31. The molecule has 0 radical (unpaired) electrons. The molecule has 2 aromatic rings. The molecule has 0 unspecified atom stereocenters. The van der Waals surface area contributed by atoms with E-state index in [1.807, 2.05) is 0 Å². The number of hydrogen-bond donors (Lipinski definition) is 2. The van der Waals surface area contributed by atoms with E-state index in [0.29, 0.717) is 17.7 Å². The van der Waals surface area contributed by atoms with E-state index in [2.05, 4.69) is 4.72 Å². The van der Waals surface area contributed by atoms with Gasteiger partial charge in [-0.3, -0.25) is 4.79 Å². The highest BCUT2D eigenvalue weighted by Gasteiger charge is 2.27. The van der Waals surface area contributed by atoms with Crippen molar-refractivity contribution < 1.29 is 27.1 Å². The Bertz CT molecular complexity index is 782. The van der Waals surface area contributed by atoms with Crippen LogP contribution in [0.3, 0.4) is 0 Å². The number of carboxylic acid groups (broad SMARTS) is 1. The van der Waals surface area contributed by atoms with Crippen LogP contribution in [0.25, 0.3) is 0 Å². The predicted molar refractivity (Wildman–Crippen MR) is 79.9 cm³/mol. The maximum absolute atomic E-state index is 12.9. The molecule has 0 spiro atoms. The molecular weight excluding hydrogens is 325 g/mol. The highest BCUT2D eigenvalue weighted by atomic mass is 32.2. The average Bonchev–Trinajstić information content (AvgIpc) is 2.98. The van der Waals surface area contributed by atoms with Crippen LogP contribution in [0.4, 0.5) is 4.39 Å². The standard InChI is InChI=1S/C15H16FNO5S/c1-2-12-7-8-14(22-12)23(20,21)17-13(15(18)19)9-10-3-5-11(16)6-4-10/h3-8,13,17H,2,9H2,1H3,(H,18,19)/t13-/m1/s1. The third-order valence-corrected chi connectivity index (χ3v) is 4.54. The molecule has 0 saturated heterocycles. The summed E-state index contributed by atoms with van der Waals surface area (Å²) in [6.07, 6.45) is 0.406. The summed E-state index contributed by atoms with van der Waals surface area (Å²) >= 11 is 0. The molecule has 2 N–H and O–H groups in total. The zero-order chi connectivity index (χ0) is 17.0. The van der Waals surface area contributed by atoms with Gasteiger partial charge in [0.1, 0.15) is 17.6 Å². The normalized spacial score (nSPS) is 13.0. The van der Waals surface area contributed by atoms with Gasteiger partial charge in [-0.05, 0) is 36.2 Å². The van der Waals surface area contributed by atoms with Crippen molar-refractivity contribution in [3.63, 3.8) is 0 Å². The fraction of sp³-hybridized carbons (Fsp3) is 0.267. The molecule has 0 bridgehead atoms. The summed E-state index contributed by atoms with van der Waals surface area (Å²) in [5.41, 5.74) is 0.496. The molecule has 8 heteroatoms. The van der Waals surface area contributed by atoms with Gasteiger partial charge in [0.25, 0.3) is 10.0 Å². The molecule has 6 nitrogen and oxygen atoms in total. The van der Waals surface area contributed by atoms with Crippen molar-refractivity contribution in [2.24, 2.45) is 0 Å². The molecule has 1 aromatic heterocycles. The van der Waals surface area contributed by atoms with Gasteiger partial charge in [0.15, 0.2) is 0 Å². The molecule has 0 fully saturated rings. The Morgan fingerprint density at radius 1 is 1.26 bits per heavy atom. The maximum Gasteiger partial charge on any atom is 0.322 e. The number of sulfonamides is 1. The Balaban J connectivity index is 2.18. The van der Waals surface area contributed by atoms with Crippen LogP contribution in [0.2, 0.25) is 0 Å². The first-order valence-electron chi connectivity index (χ1n) is 6.90. The van der Waals surface area contributed by atoms with Gasteiger partial charge in [0.2, 0.25) is 5.09 Å². The Labute approximate surface area is 133 Å². The first kappa shape index (κ1) is 17.2. The summed E-state index contributed by atoms with van der Waals surface area (Å²) in [5, 5.41) is 8.89. The number of furan rings is 1. The van der Waals surface area contributed by atoms with E-state index in [4.69, 9.17) is 4.42 Å². The van der Waals surface area contributed by atoms with Crippen LogP contribution < -0.4 is 4.72 Å². The number of rotatable bonds is 7. The maximum atomic E-state index is 12.9. The summed E-state index contributed by atoms with van der Waals surface area (Å²) in [7, 11) is -4.09. The molecule has 1 heterocycles. The van der Waals surface area contributed by atoms with Crippen LogP contribution in [0, 0.1) is 5.82 Å². The highest BCUT2D eigenvalue weighted by Crippen LogP contribution is 2.15. The Hall–Kier alpha value is -2.19. The largest absolute Gasteiger partial charge is 0.480 e. The molecule has 1 atom stereocenters. The van der Waals surface area contributed by atoms with Crippen LogP contribution in [-0.2, 0) is 27.7 Å². The summed E-state index contributed by atoms with van der Waals surface area (Å²) < 4.78 is 44.5. The number of halogens is 1. The second-order valence-corrected chi connectivity index (χ2v) is 6.56. The van der Waals surface area contributed by atoms with E-state index in [-0.39, 0.29) is 11.5 Å². The summed E-state index contributed by atoms with van der Waals surface area (Å²) in [6.45, 7) is 1.80. The fourth-order valence-corrected chi connectivity index (χ4v) is 3.11. The van der Waals surface area contributed by atoms with Crippen molar-refractivity contribution in [2.75, 3.05) is 0 Å². The summed E-state index contributed by atoms with van der Waals surface area (Å²) in [6, 6.07) is 6.58. The van der Waals surface area contributed by atoms with E-state index < -0.39 is 27.9 Å². The second-order valence-electron chi connectivity index (χ2n) is 4.92. The molecule has 0 amide bonds. The smallest absolute Gasteiger partial charge is 0.322 e. The molecular formula is C15H16FNO5S. The number of benzene rings is 1. The van der Waals surface area contributed by atoms with Crippen molar-refractivity contribution >= 4 is 16.0 Å². The Kier molecular flexibility index (Phi) is 5.17. The zero-order valence-corrected chi connectivity index (χ0v) is 13.1. The fourth-order valence-electron chi connectivity index (χ4n) is 1.97. The first-order chi connectivity index (χ1) is 10.8. The van der Waals surface area contributed by atoms with E-state index in [9.17, 15) is 22.7 Å². The van der Waals surface area contributed by atoms with E-state index in [0.717, 1.165) is 0 Å². The highest BCUT2D eigenvalue weighted by molar-refractivity contribution is 7.89. The van der Waals surface area contributed by atoms with Gasteiger partial charge < -0.3 is 9.52 Å². The predicted octanol–water partition coefficient (Wildman–Crippen LogP) is 1.96. The Morgan fingerprint density at radius 2 is 1.91 bits per heavy atom. The molecule has 0 aliphatic carbocycles.